The SMILES string of the molecule is Cc1nc(C2CC2)c(CCC(=O)O)c(=O)[nH]1. The fourth-order valence-electron chi connectivity index (χ4n) is 1.80. The predicted molar refractivity (Wildman–Crippen MR) is 57.5 cm³/mol. The molecule has 0 atom stereocenters. The molecule has 0 saturated heterocycles. The third-order valence-electron chi connectivity index (χ3n) is 2.72. The van der Waals surface area contributed by atoms with Gasteiger partial charge in [0, 0.05) is 17.9 Å². The molecule has 1 aliphatic carbocycles. The van der Waals surface area contributed by atoms with Crippen LogP contribution in [-0.4, -0.2) is 21.0 Å². The number of aromatic amines is 1. The summed E-state index contributed by atoms with van der Waals surface area (Å²) in [6.07, 6.45) is 2.35. The molecule has 1 saturated carbocycles. The van der Waals surface area contributed by atoms with Gasteiger partial charge in [-0.2, -0.15) is 0 Å². The van der Waals surface area contributed by atoms with E-state index in [1.165, 1.54) is 0 Å². The van der Waals surface area contributed by atoms with Crippen molar-refractivity contribution < 1.29 is 9.90 Å². The molecule has 0 aromatic carbocycles. The first kappa shape index (κ1) is 10.9. The van der Waals surface area contributed by atoms with E-state index in [1.807, 2.05) is 0 Å². The summed E-state index contributed by atoms with van der Waals surface area (Å²) in [7, 11) is 0. The quantitative estimate of drug-likeness (QED) is 0.795. The van der Waals surface area contributed by atoms with E-state index in [0.717, 1.165) is 18.5 Å². The average molecular weight is 222 g/mol. The van der Waals surface area contributed by atoms with Crippen molar-refractivity contribution in [3.05, 3.63) is 27.4 Å². The zero-order valence-electron chi connectivity index (χ0n) is 9.12. The number of carboxylic acid groups (broad SMARTS) is 1. The molecule has 1 fully saturated rings. The monoisotopic (exact) mass is 222 g/mol. The number of rotatable bonds is 4. The van der Waals surface area contributed by atoms with Crippen LogP contribution in [0.3, 0.4) is 0 Å². The van der Waals surface area contributed by atoms with E-state index in [2.05, 4.69) is 9.97 Å². The lowest BCUT2D eigenvalue weighted by atomic mass is 10.1. The van der Waals surface area contributed by atoms with Crippen molar-refractivity contribution >= 4 is 5.97 Å². The highest BCUT2D eigenvalue weighted by Crippen LogP contribution is 2.40. The van der Waals surface area contributed by atoms with Crippen molar-refractivity contribution in [1.29, 1.82) is 0 Å². The number of aliphatic carboxylic acids is 1. The summed E-state index contributed by atoms with van der Waals surface area (Å²) < 4.78 is 0. The summed E-state index contributed by atoms with van der Waals surface area (Å²) >= 11 is 0. The first-order chi connectivity index (χ1) is 7.58. The van der Waals surface area contributed by atoms with Crippen molar-refractivity contribution in [3.8, 4) is 0 Å². The molecule has 0 spiro atoms. The van der Waals surface area contributed by atoms with E-state index < -0.39 is 5.97 Å². The number of hydrogen-bond acceptors (Lipinski definition) is 3. The van der Waals surface area contributed by atoms with Gasteiger partial charge >= 0.3 is 5.97 Å². The maximum absolute atomic E-state index is 11.7. The Hall–Kier alpha value is -1.65. The van der Waals surface area contributed by atoms with E-state index in [-0.39, 0.29) is 18.4 Å². The molecule has 1 aromatic heterocycles. The molecule has 1 aromatic rings. The highest BCUT2D eigenvalue weighted by molar-refractivity contribution is 5.67. The Labute approximate surface area is 92.5 Å². The van der Waals surface area contributed by atoms with Gasteiger partial charge in [0.25, 0.3) is 5.56 Å². The molecule has 5 heteroatoms. The van der Waals surface area contributed by atoms with Crippen molar-refractivity contribution in [1.82, 2.24) is 9.97 Å². The Morgan fingerprint density at radius 2 is 2.25 bits per heavy atom. The molecule has 0 radical (unpaired) electrons. The normalized spacial score (nSPS) is 15.1. The van der Waals surface area contributed by atoms with Crippen LogP contribution in [0.5, 0.6) is 0 Å². The molecule has 1 aliphatic rings. The van der Waals surface area contributed by atoms with E-state index in [9.17, 15) is 9.59 Å². The van der Waals surface area contributed by atoms with Crippen molar-refractivity contribution in [2.45, 2.75) is 38.5 Å². The van der Waals surface area contributed by atoms with Crippen LogP contribution in [0.4, 0.5) is 0 Å². The fourth-order valence-corrected chi connectivity index (χ4v) is 1.80. The molecule has 16 heavy (non-hydrogen) atoms. The average Bonchev–Trinajstić information content (AvgIpc) is 2.97. The minimum absolute atomic E-state index is 0.0203. The van der Waals surface area contributed by atoms with Gasteiger partial charge in [0.05, 0.1) is 5.69 Å². The van der Waals surface area contributed by atoms with E-state index >= 15 is 0 Å². The van der Waals surface area contributed by atoms with Gasteiger partial charge in [-0.05, 0) is 26.2 Å². The van der Waals surface area contributed by atoms with E-state index in [4.69, 9.17) is 5.11 Å². The van der Waals surface area contributed by atoms with Gasteiger partial charge < -0.3 is 10.1 Å². The van der Waals surface area contributed by atoms with Crippen LogP contribution >= 0.6 is 0 Å². The van der Waals surface area contributed by atoms with E-state index in [1.54, 1.807) is 6.92 Å². The topological polar surface area (TPSA) is 83.0 Å². The molecule has 0 amide bonds. The first-order valence-electron chi connectivity index (χ1n) is 5.39. The summed E-state index contributed by atoms with van der Waals surface area (Å²) in [5.74, 6) is 0.0810. The standard InChI is InChI=1S/C11H14N2O3/c1-6-12-10(7-2-3-7)8(11(16)13-6)4-5-9(14)15/h7H,2-5H2,1H3,(H,14,15)(H,12,13,16). The maximum Gasteiger partial charge on any atom is 0.303 e. The molecule has 0 aliphatic heterocycles. The number of hydrogen-bond donors (Lipinski definition) is 2. The largest absolute Gasteiger partial charge is 0.481 e. The van der Waals surface area contributed by atoms with Crippen LogP contribution in [0.25, 0.3) is 0 Å². The predicted octanol–water partition coefficient (Wildman–Crippen LogP) is 0.973. The third-order valence-corrected chi connectivity index (χ3v) is 2.72. The molecule has 2 N–H and O–H groups in total. The van der Waals surface area contributed by atoms with Gasteiger partial charge in [-0.1, -0.05) is 0 Å². The smallest absolute Gasteiger partial charge is 0.303 e. The minimum Gasteiger partial charge on any atom is -0.481 e. The van der Waals surface area contributed by atoms with Crippen molar-refractivity contribution in [2.75, 3.05) is 0 Å². The Morgan fingerprint density at radius 3 is 2.81 bits per heavy atom. The zero-order valence-corrected chi connectivity index (χ0v) is 9.12. The number of carboxylic acids is 1. The Balaban J connectivity index is 2.33. The minimum atomic E-state index is -0.887. The molecule has 1 heterocycles. The Kier molecular flexibility index (Phi) is 2.77. The second kappa shape index (κ2) is 4.08. The first-order valence-corrected chi connectivity index (χ1v) is 5.39. The zero-order chi connectivity index (χ0) is 11.7. The lowest BCUT2D eigenvalue weighted by Gasteiger charge is -2.06. The fraction of sp³-hybridized carbons (Fsp3) is 0.545. The van der Waals surface area contributed by atoms with Crippen LogP contribution in [0.2, 0.25) is 0 Å². The Bertz CT molecular complexity index is 475. The number of H-pyrrole nitrogens is 1. The highest BCUT2D eigenvalue weighted by atomic mass is 16.4. The van der Waals surface area contributed by atoms with Crippen LogP contribution in [0.1, 0.15) is 42.3 Å². The molecule has 5 nitrogen and oxygen atoms in total. The molecule has 0 unspecified atom stereocenters. The van der Waals surface area contributed by atoms with E-state index in [0.29, 0.717) is 17.3 Å². The van der Waals surface area contributed by atoms with Crippen LogP contribution in [0.15, 0.2) is 4.79 Å². The van der Waals surface area contributed by atoms with Crippen molar-refractivity contribution in [3.63, 3.8) is 0 Å². The lowest BCUT2D eigenvalue weighted by Crippen LogP contribution is -2.19. The number of carbonyl (C=O) groups is 1. The van der Waals surface area contributed by atoms with Gasteiger partial charge in [0.15, 0.2) is 0 Å². The van der Waals surface area contributed by atoms with Gasteiger partial charge in [0.1, 0.15) is 5.82 Å². The van der Waals surface area contributed by atoms with Gasteiger partial charge in [-0.15, -0.1) is 0 Å². The third kappa shape index (κ3) is 2.29. The summed E-state index contributed by atoms with van der Waals surface area (Å²) in [6, 6.07) is 0. The summed E-state index contributed by atoms with van der Waals surface area (Å²) in [5, 5.41) is 8.63. The van der Waals surface area contributed by atoms with Crippen LogP contribution < -0.4 is 5.56 Å². The molecular formula is C11H14N2O3. The van der Waals surface area contributed by atoms with Gasteiger partial charge in [-0.3, -0.25) is 9.59 Å². The number of aryl methyl sites for hydroxylation is 1. The summed E-state index contributed by atoms with van der Waals surface area (Å²) in [4.78, 5) is 29.2. The van der Waals surface area contributed by atoms with Crippen LogP contribution in [0, 0.1) is 6.92 Å². The summed E-state index contributed by atoms with van der Waals surface area (Å²) in [6.45, 7) is 1.74. The van der Waals surface area contributed by atoms with Crippen molar-refractivity contribution in [2.24, 2.45) is 0 Å². The molecule has 2 rings (SSSR count). The molecule has 0 bridgehead atoms. The number of nitrogens with zero attached hydrogens (tertiary/aromatic N) is 1. The lowest BCUT2D eigenvalue weighted by molar-refractivity contribution is -0.136. The van der Waals surface area contributed by atoms with Crippen LogP contribution in [-0.2, 0) is 11.2 Å². The maximum atomic E-state index is 11.7. The highest BCUT2D eigenvalue weighted by Gasteiger charge is 2.29. The number of nitrogens with one attached hydrogen (secondary N) is 1. The second-order valence-corrected chi connectivity index (χ2v) is 4.18. The Morgan fingerprint density at radius 1 is 1.56 bits per heavy atom. The molecule has 86 valence electrons. The van der Waals surface area contributed by atoms with Gasteiger partial charge in [0.2, 0.25) is 0 Å². The molecular weight excluding hydrogens is 208 g/mol. The second-order valence-electron chi connectivity index (χ2n) is 4.18. The van der Waals surface area contributed by atoms with Gasteiger partial charge in [-0.25, -0.2) is 4.98 Å². The summed E-state index contributed by atoms with van der Waals surface area (Å²) in [5.41, 5.74) is 1.17. The number of aromatic nitrogens is 2.